The van der Waals surface area contributed by atoms with Gasteiger partial charge in [0.2, 0.25) is 6.79 Å². The quantitative estimate of drug-likeness (QED) is 0.406. The van der Waals surface area contributed by atoms with E-state index >= 15 is 0 Å². The summed E-state index contributed by atoms with van der Waals surface area (Å²) in [4.78, 5) is 8.97. The number of nitrogens with two attached hydrogens (primary N) is 1. The number of benzene rings is 2. The standard InChI is InChI=1S/C21H18IN5O2/c22-15-10-18-17(28-12-29-18)9-14(15)8-16-20(25-11-13-4-2-1-3-5-13)27-7-6-24-19(23)21(27)26-16/h1-7,9-10,25H,8,11-12H2,(H2,23,24). The van der Waals surface area contributed by atoms with Crippen molar-refractivity contribution >= 4 is 39.9 Å². The van der Waals surface area contributed by atoms with E-state index in [1.165, 1.54) is 5.56 Å². The van der Waals surface area contributed by atoms with Crippen LogP contribution in [0.2, 0.25) is 0 Å². The summed E-state index contributed by atoms with van der Waals surface area (Å²) in [5.74, 6) is 2.86. The lowest BCUT2D eigenvalue weighted by Crippen LogP contribution is -2.05. The molecule has 0 spiro atoms. The summed E-state index contributed by atoms with van der Waals surface area (Å²) in [5, 5.41) is 3.53. The molecule has 0 saturated heterocycles. The van der Waals surface area contributed by atoms with Gasteiger partial charge in [0.1, 0.15) is 5.82 Å². The maximum absolute atomic E-state index is 6.08. The maximum Gasteiger partial charge on any atom is 0.231 e. The molecule has 0 aliphatic carbocycles. The zero-order valence-corrected chi connectivity index (χ0v) is 17.6. The Balaban J connectivity index is 1.53. The Morgan fingerprint density at radius 2 is 1.93 bits per heavy atom. The third kappa shape index (κ3) is 3.44. The van der Waals surface area contributed by atoms with Crippen molar-refractivity contribution in [2.24, 2.45) is 0 Å². The molecule has 0 radical (unpaired) electrons. The van der Waals surface area contributed by atoms with Crippen LogP contribution in [0.3, 0.4) is 0 Å². The molecular weight excluding hydrogens is 481 g/mol. The molecule has 8 heteroatoms. The smallest absolute Gasteiger partial charge is 0.231 e. The number of imidazole rings is 1. The van der Waals surface area contributed by atoms with Gasteiger partial charge in [0.25, 0.3) is 0 Å². The first kappa shape index (κ1) is 18.0. The highest BCUT2D eigenvalue weighted by Gasteiger charge is 2.20. The molecule has 7 nitrogen and oxygen atoms in total. The van der Waals surface area contributed by atoms with E-state index < -0.39 is 0 Å². The highest BCUT2D eigenvalue weighted by atomic mass is 127. The molecule has 3 N–H and O–H groups in total. The molecule has 0 fully saturated rings. The molecule has 3 heterocycles. The van der Waals surface area contributed by atoms with Crippen LogP contribution in [0, 0.1) is 3.57 Å². The van der Waals surface area contributed by atoms with Gasteiger partial charge in [0.05, 0.1) is 5.69 Å². The van der Waals surface area contributed by atoms with Gasteiger partial charge < -0.3 is 20.5 Å². The van der Waals surface area contributed by atoms with Crippen molar-refractivity contribution in [2.45, 2.75) is 13.0 Å². The van der Waals surface area contributed by atoms with Crippen LogP contribution in [-0.2, 0) is 13.0 Å². The summed E-state index contributed by atoms with van der Waals surface area (Å²) in [7, 11) is 0. The molecule has 146 valence electrons. The Morgan fingerprint density at radius 3 is 2.76 bits per heavy atom. The Bertz CT molecular complexity index is 1190. The van der Waals surface area contributed by atoms with E-state index in [-0.39, 0.29) is 6.79 Å². The average Bonchev–Trinajstić information content (AvgIpc) is 3.32. The van der Waals surface area contributed by atoms with Gasteiger partial charge in [-0.05, 0) is 45.9 Å². The maximum atomic E-state index is 6.08. The van der Waals surface area contributed by atoms with Crippen molar-refractivity contribution < 1.29 is 9.47 Å². The zero-order valence-electron chi connectivity index (χ0n) is 15.4. The first-order chi connectivity index (χ1) is 14.2. The normalized spacial score (nSPS) is 12.4. The number of ether oxygens (including phenoxy) is 2. The molecule has 5 rings (SSSR count). The third-order valence-electron chi connectivity index (χ3n) is 4.84. The highest BCUT2D eigenvalue weighted by Crippen LogP contribution is 2.36. The minimum Gasteiger partial charge on any atom is -0.454 e. The topological polar surface area (TPSA) is 86.7 Å². The van der Waals surface area contributed by atoms with Crippen LogP contribution in [0.1, 0.15) is 16.8 Å². The lowest BCUT2D eigenvalue weighted by molar-refractivity contribution is 0.174. The Hall–Kier alpha value is -3.01. The number of nitrogens with one attached hydrogen (secondary N) is 1. The number of fused-ring (bicyclic) bond motifs is 2. The van der Waals surface area contributed by atoms with Gasteiger partial charge in [-0.2, -0.15) is 0 Å². The number of nitrogen functional groups attached to an aromatic ring is 1. The number of aromatic nitrogens is 3. The molecule has 2 aromatic carbocycles. The van der Waals surface area contributed by atoms with E-state index in [2.05, 4.69) is 45.0 Å². The minimum atomic E-state index is 0.259. The van der Waals surface area contributed by atoms with E-state index in [0.717, 1.165) is 32.1 Å². The average molecular weight is 499 g/mol. The molecular formula is C21H18IN5O2. The Morgan fingerprint density at radius 1 is 1.14 bits per heavy atom. The third-order valence-corrected chi connectivity index (χ3v) is 5.85. The van der Waals surface area contributed by atoms with Gasteiger partial charge in [0, 0.05) is 28.9 Å². The fourth-order valence-electron chi connectivity index (χ4n) is 3.41. The number of halogens is 1. The van der Waals surface area contributed by atoms with Gasteiger partial charge in [-0.3, -0.25) is 4.40 Å². The second kappa shape index (κ2) is 7.43. The Kier molecular flexibility index (Phi) is 4.62. The molecule has 1 aliphatic rings. The fourth-order valence-corrected chi connectivity index (χ4v) is 4.04. The van der Waals surface area contributed by atoms with Crippen molar-refractivity contribution in [1.82, 2.24) is 14.4 Å². The first-order valence-electron chi connectivity index (χ1n) is 9.16. The van der Waals surface area contributed by atoms with Crippen LogP contribution >= 0.6 is 22.6 Å². The predicted molar refractivity (Wildman–Crippen MR) is 119 cm³/mol. The van der Waals surface area contributed by atoms with Crippen LogP contribution in [0.25, 0.3) is 5.65 Å². The second-order valence-electron chi connectivity index (χ2n) is 6.73. The molecule has 29 heavy (non-hydrogen) atoms. The largest absolute Gasteiger partial charge is 0.454 e. The molecule has 0 amide bonds. The SMILES string of the molecule is Nc1nccn2c(NCc3ccccc3)c(Cc3cc4c(cc3I)OCO4)nc12. The van der Waals surface area contributed by atoms with E-state index in [4.69, 9.17) is 20.2 Å². The lowest BCUT2D eigenvalue weighted by Gasteiger charge is -2.10. The second-order valence-corrected chi connectivity index (χ2v) is 7.89. The first-order valence-corrected chi connectivity index (χ1v) is 10.2. The summed E-state index contributed by atoms with van der Waals surface area (Å²) in [6, 6.07) is 14.3. The van der Waals surface area contributed by atoms with Crippen molar-refractivity contribution in [3.8, 4) is 11.5 Å². The summed E-state index contributed by atoms with van der Waals surface area (Å²) in [5.41, 5.74) is 9.94. The van der Waals surface area contributed by atoms with Gasteiger partial charge >= 0.3 is 0 Å². The monoisotopic (exact) mass is 499 g/mol. The lowest BCUT2D eigenvalue weighted by atomic mass is 10.1. The van der Waals surface area contributed by atoms with Gasteiger partial charge in [-0.15, -0.1) is 0 Å². The van der Waals surface area contributed by atoms with Crippen molar-refractivity contribution in [3.05, 3.63) is 75.2 Å². The van der Waals surface area contributed by atoms with Gasteiger partial charge in [0.15, 0.2) is 23.0 Å². The Labute approximate surface area is 181 Å². The van der Waals surface area contributed by atoms with Gasteiger partial charge in [-0.1, -0.05) is 30.3 Å². The molecule has 0 bridgehead atoms. The van der Waals surface area contributed by atoms with Crippen LogP contribution in [0.15, 0.2) is 54.9 Å². The molecule has 1 aliphatic heterocycles. The molecule has 0 atom stereocenters. The summed E-state index contributed by atoms with van der Waals surface area (Å²) in [6.45, 7) is 0.942. The summed E-state index contributed by atoms with van der Waals surface area (Å²) in [6.07, 6.45) is 4.19. The number of hydrogen-bond acceptors (Lipinski definition) is 6. The van der Waals surface area contributed by atoms with E-state index in [0.29, 0.717) is 24.4 Å². The van der Waals surface area contributed by atoms with E-state index in [9.17, 15) is 0 Å². The molecule has 4 aromatic rings. The van der Waals surface area contributed by atoms with Crippen molar-refractivity contribution in [2.75, 3.05) is 17.8 Å². The van der Waals surface area contributed by atoms with Crippen molar-refractivity contribution in [3.63, 3.8) is 0 Å². The number of nitrogens with zero attached hydrogens (tertiary/aromatic N) is 3. The fraction of sp³-hybridized carbons (Fsp3) is 0.143. The van der Waals surface area contributed by atoms with Crippen LogP contribution in [0.4, 0.5) is 11.6 Å². The summed E-state index contributed by atoms with van der Waals surface area (Å²) >= 11 is 2.32. The highest BCUT2D eigenvalue weighted by molar-refractivity contribution is 14.1. The molecule has 0 saturated carbocycles. The predicted octanol–water partition coefficient (Wildman–Crippen LogP) is 3.85. The number of rotatable bonds is 5. The van der Waals surface area contributed by atoms with E-state index in [1.54, 1.807) is 6.20 Å². The zero-order chi connectivity index (χ0) is 19.8. The molecule has 2 aromatic heterocycles. The number of hydrogen-bond donors (Lipinski definition) is 2. The summed E-state index contributed by atoms with van der Waals surface area (Å²) < 4.78 is 14.1. The minimum absolute atomic E-state index is 0.259. The molecule has 0 unspecified atom stereocenters. The number of anilines is 2. The van der Waals surface area contributed by atoms with E-state index in [1.807, 2.05) is 40.9 Å². The van der Waals surface area contributed by atoms with Crippen LogP contribution in [-0.4, -0.2) is 21.2 Å². The van der Waals surface area contributed by atoms with Gasteiger partial charge in [-0.25, -0.2) is 9.97 Å². The van der Waals surface area contributed by atoms with Crippen molar-refractivity contribution in [1.29, 1.82) is 0 Å². The van der Waals surface area contributed by atoms with Crippen LogP contribution < -0.4 is 20.5 Å². The van der Waals surface area contributed by atoms with Crippen LogP contribution in [0.5, 0.6) is 11.5 Å².